The first kappa shape index (κ1) is 13.9. The van der Waals surface area contributed by atoms with Crippen molar-refractivity contribution in [1.82, 2.24) is 9.78 Å². The third-order valence-electron chi connectivity index (χ3n) is 3.51. The van der Waals surface area contributed by atoms with E-state index in [9.17, 15) is 0 Å². The van der Waals surface area contributed by atoms with Crippen LogP contribution in [0.5, 0.6) is 0 Å². The Kier molecular flexibility index (Phi) is 3.80. The summed E-state index contributed by atoms with van der Waals surface area (Å²) in [6.07, 6.45) is 0.843. The highest BCUT2D eigenvalue weighted by Gasteiger charge is 2.17. The molecular weight excluding hydrogens is 326 g/mol. The Balaban J connectivity index is 2.22. The third-order valence-corrected chi connectivity index (χ3v) is 4.20. The maximum Gasteiger partial charge on any atom is 0.131 e. The summed E-state index contributed by atoms with van der Waals surface area (Å²) in [6, 6.07) is 18.1. The predicted molar refractivity (Wildman–Crippen MR) is 90.5 cm³/mol. The third kappa shape index (κ3) is 2.47. The second kappa shape index (κ2) is 5.74. The van der Waals surface area contributed by atoms with Crippen LogP contribution in [0.15, 0.2) is 59.1 Å². The largest absolute Gasteiger partial charge is 0.383 e. The van der Waals surface area contributed by atoms with Crippen LogP contribution in [-0.2, 0) is 6.42 Å². The molecule has 0 radical (unpaired) electrons. The lowest BCUT2D eigenvalue weighted by Gasteiger charge is -2.03. The molecule has 0 aliphatic rings. The van der Waals surface area contributed by atoms with Gasteiger partial charge in [0.15, 0.2) is 0 Å². The average Bonchev–Trinajstić information content (AvgIpc) is 2.85. The molecule has 0 unspecified atom stereocenters. The molecule has 106 valence electrons. The molecule has 0 fully saturated rings. The minimum Gasteiger partial charge on any atom is -0.383 e. The zero-order valence-corrected chi connectivity index (χ0v) is 13.3. The van der Waals surface area contributed by atoms with Crippen LogP contribution in [0.1, 0.15) is 12.5 Å². The molecule has 3 aromatic rings. The molecule has 3 rings (SSSR count). The quantitative estimate of drug-likeness (QED) is 0.764. The summed E-state index contributed by atoms with van der Waals surface area (Å²) in [5.41, 5.74) is 10.4. The first-order valence-electron chi connectivity index (χ1n) is 6.90. The molecular formula is C17H16BrN3. The number of benzene rings is 2. The van der Waals surface area contributed by atoms with Crippen LogP contribution in [0.4, 0.5) is 5.82 Å². The van der Waals surface area contributed by atoms with Crippen molar-refractivity contribution in [1.29, 1.82) is 0 Å². The van der Waals surface area contributed by atoms with E-state index in [1.807, 2.05) is 53.2 Å². The summed E-state index contributed by atoms with van der Waals surface area (Å²) < 4.78 is 2.84. The number of para-hydroxylation sites is 1. The Hall–Kier alpha value is -2.07. The van der Waals surface area contributed by atoms with Gasteiger partial charge < -0.3 is 5.73 Å². The summed E-state index contributed by atoms with van der Waals surface area (Å²) >= 11 is 3.60. The molecule has 0 saturated heterocycles. The van der Waals surface area contributed by atoms with E-state index in [2.05, 4.69) is 28.9 Å². The summed E-state index contributed by atoms with van der Waals surface area (Å²) in [6.45, 7) is 2.10. The molecule has 21 heavy (non-hydrogen) atoms. The number of nitrogens with zero attached hydrogens (tertiary/aromatic N) is 2. The van der Waals surface area contributed by atoms with E-state index in [1.54, 1.807) is 0 Å². The summed E-state index contributed by atoms with van der Waals surface area (Å²) in [7, 11) is 0. The molecule has 4 heteroatoms. The van der Waals surface area contributed by atoms with Gasteiger partial charge in [0.2, 0.25) is 0 Å². The number of anilines is 1. The minimum atomic E-state index is 0.703. The number of halogens is 1. The maximum absolute atomic E-state index is 6.32. The Morgan fingerprint density at radius 2 is 1.71 bits per heavy atom. The summed E-state index contributed by atoms with van der Waals surface area (Å²) in [4.78, 5) is 0. The monoisotopic (exact) mass is 341 g/mol. The lowest BCUT2D eigenvalue weighted by atomic mass is 10.1. The first-order chi connectivity index (χ1) is 10.2. The van der Waals surface area contributed by atoms with Crippen LogP contribution in [0.25, 0.3) is 16.9 Å². The van der Waals surface area contributed by atoms with Crippen molar-refractivity contribution in [3.63, 3.8) is 0 Å². The fraction of sp³-hybridized carbons (Fsp3) is 0.118. The molecule has 0 spiro atoms. The Bertz CT molecular complexity index is 763. The maximum atomic E-state index is 6.32. The van der Waals surface area contributed by atoms with Gasteiger partial charge in [0.05, 0.1) is 11.4 Å². The van der Waals surface area contributed by atoms with Gasteiger partial charge in [0.1, 0.15) is 5.82 Å². The van der Waals surface area contributed by atoms with E-state index in [1.165, 1.54) is 0 Å². The number of nitrogens with two attached hydrogens (primary N) is 1. The molecule has 2 aromatic carbocycles. The van der Waals surface area contributed by atoms with Crippen LogP contribution >= 0.6 is 15.9 Å². The van der Waals surface area contributed by atoms with Crippen LogP contribution in [-0.4, -0.2) is 9.78 Å². The second-order valence-corrected chi connectivity index (χ2v) is 5.65. The van der Waals surface area contributed by atoms with Gasteiger partial charge >= 0.3 is 0 Å². The SMILES string of the molecule is CCc1c(-c2ccccc2Br)nn(-c2ccccc2)c1N. The molecule has 0 saturated carbocycles. The standard InChI is InChI=1S/C17H16BrN3/c1-2-13-16(14-10-6-7-11-15(14)18)20-21(17(13)19)12-8-4-3-5-9-12/h3-11H,2,19H2,1H3. The molecule has 0 atom stereocenters. The highest BCUT2D eigenvalue weighted by Crippen LogP contribution is 2.33. The van der Waals surface area contributed by atoms with Crippen LogP contribution < -0.4 is 5.73 Å². The molecule has 3 nitrogen and oxygen atoms in total. The zero-order chi connectivity index (χ0) is 14.8. The number of hydrogen-bond donors (Lipinski definition) is 1. The van der Waals surface area contributed by atoms with Crippen LogP contribution in [0.3, 0.4) is 0 Å². The van der Waals surface area contributed by atoms with E-state index in [4.69, 9.17) is 10.8 Å². The van der Waals surface area contributed by atoms with E-state index in [-0.39, 0.29) is 0 Å². The van der Waals surface area contributed by atoms with Crippen molar-refractivity contribution in [2.45, 2.75) is 13.3 Å². The Morgan fingerprint density at radius 1 is 1.05 bits per heavy atom. The lowest BCUT2D eigenvalue weighted by molar-refractivity contribution is 0.894. The van der Waals surface area contributed by atoms with Crippen molar-refractivity contribution >= 4 is 21.7 Å². The number of hydrogen-bond acceptors (Lipinski definition) is 2. The van der Waals surface area contributed by atoms with E-state index >= 15 is 0 Å². The normalized spacial score (nSPS) is 10.8. The minimum absolute atomic E-state index is 0.703. The average molecular weight is 342 g/mol. The van der Waals surface area contributed by atoms with E-state index < -0.39 is 0 Å². The Morgan fingerprint density at radius 3 is 2.38 bits per heavy atom. The van der Waals surface area contributed by atoms with Gasteiger partial charge in [0, 0.05) is 15.6 Å². The highest BCUT2D eigenvalue weighted by atomic mass is 79.9. The second-order valence-electron chi connectivity index (χ2n) is 4.79. The lowest BCUT2D eigenvalue weighted by Crippen LogP contribution is -2.02. The van der Waals surface area contributed by atoms with Crippen LogP contribution in [0.2, 0.25) is 0 Å². The van der Waals surface area contributed by atoms with Gasteiger partial charge in [-0.1, -0.05) is 59.3 Å². The number of rotatable bonds is 3. The van der Waals surface area contributed by atoms with Crippen LogP contribution in [0, 0.1) is 0 Å². The van der Waals surface area contributed by atoms with Gasteiger partial charge in [-0.2, -0.15) is 5.10 Å². The Labute approximate surface area is 132 Å². The fourth-order valence-corrected chi connectivity index (χ4v) is 2.92. The van der Waals surface area contributed by atoms with Gasteiger partial charge in [-0.05, 0) is 24.6 Å². The first-order valence-corrected chi connectivity index (χ1v) is 7.69. The topological polar surface area (TPSA) is 43.8 Å². The molecule has 0 aliphatic carbocycles. The molecule has 1 aromatic heterocycles. The predicted octanol–water partition coefficient (Wildman–Crippen LogP) is 4.45. The van der Waals surface area contributed by atoms with Crippen molar-refractivity contribution < 1.29 is 0 Å². The number of aromatic nitrogens is 2. The highest BCUT2D eigenvalue weighted by molar-refractivity contribution is 9.10. The van der Waals surface area contributed by atoms with Crippen molar-refractivity contribution in [3.8, 4) is 16.9 Å². The fourth-order valence-electron chi connectivity index (χ4n) is 2.45. The summed E-state index contributed by atoms with van der Waals surface area (Å²) in [5, 5.41) is 4.74. The van der Waals surface area contributed by atoms with Gasteiger partial charge in [0.25, 0.3) is 0 Å². The molecule has 0 aliphatic heterocycles. The van der Waals surface area contributed by atoms with Gasteiger partial charge in [-0.25, -0.2) is 4.68 Å². The van der Waals surface area contributed by atoms with Crippen molar-refractivity contribution in [3.05, 3.63) is 64.6 Å². The van der Waals surface area contributed by atoms with E-state index in [0.29, 0.717) is 5.82 Å². The van der Waals surface area contributed by atoms with Gasteiger partial charge in [-0.15, -0.1) is 0 Å². The van der Waals surface area contributed by atoms with Crippen molar-refractivity contribution in [2.75, 3.05) is 5.73 Å². The summed E-state index contributed by atoms with van der Waals surface area (Å²) in [5.74, 6) is 0.703. The molecule has 1 heterocycles. The zero-order valence-electron chi connectivity index (χ0n) is 11.8. The molecule has 0 bridgehead atoms. The molecule has 2 N–H and O–H groups in total. The smallest absolute Gasteiger partial charge is 0.131 e. The van der Waals surface area contributed by atoms with Crippen molar-refractivity contribution in [2.24, 2.45) is 0 Å². The van der Waals surface area contributed by atoms with Gasteiger partial charge in [-0.3, -0.25) is 0 Å². The van der Waals surface area contributed by atoms with E-state index in [0.717, 1.165) is 33.4 Å². The number of nitrogen functional groups attached to an aromatic ring is 1. The molecule has 0 amide bonds.